The fourth-order valence-electron chi connectivity index (χ4n) is 1.08. The molecule has 0 bridgehead atoms. The van der Waals surface area contributed by atoms with Gasteiger partial charge in [-0.2, -0.15) is 0 Å². The number of hydrogen-bond donors (Lipinski definition) is 3. The molecule has 0 atom stereocenters. The lowest BCUT2D eigenvalue weighted by molar-refractivity contribution is -0.138. The van der Waals surface area contributed by atoms with Gasteiger partial charge in [-0.3, -0.25) is 4.79 Å². The number of carbonyl (C=O) groups excluding carboxylic acids is 1. The van der Waals surface area contributed by atoms with Crippen LogP contribution in [0.4, 0.5) is 21.5 Å². The summed E-state index contributed by atoms with van der Waals surface area (Å²) in [5.41, 5.74) is 11.0. The van der Waals surface area contributed by atoms with E-state index in [9.17, 15) is 9.18 Å². The summed E-state index contributed by atoms with van der Waals surface area (Å²) < 4.78 is 18.0. The van der Waals surface area contributed by atoms with Crippen LogP contribution in [0.5, 0.6) is 0 Å². The number of nitrogens with one attached hydrogen (secondary N) is 1. The summed E-state index contributed by atoms with van der Waals surface area (Å²) in [5.74, 6) is -1.34. The van der Waals surface area contributed by atoms with Crippen molar-refractivity contribution in [1.82, 2.24) is 0 Å². The van der Waals surface area contributed by atoms with Gasteiger partial charge in [0, 0.05) is 0 Å². The van der Waals surface area contributed by atoms with Crippen LogP contribution in [0.1, 0.15) is 0 Å². The Hall–Kier alpha value is -1.69. The summed E-state index contributed by atoms with van der Waals surface area (Å²) >= 11 is 5.59. The van der Waals surface area contributed by atoms with E-state index in [2.05, 4.69) is 10.1 Å². The van der Waals surface area contributed by atoms with Gasteiger partial charge in [-0.15, -0.1) is 0 Å². The van der Waals surface area contributed by atoms with E-state index in [1.165, 1.54) is 13.2 Å². The molecule has 1 aromatic carbocycles. The van der Waals surface area contributed by atoms with Crippen molar-refractivity contribution >= 4 is 34.6 Å². The molecule has 0 aromatic heterocycles. The predicted octanol–water partition coefficient (Wildman–Crippen LogP) is 1.23. The Morgan fingerprint density at radius 1 is 1.56 bits per heavy atom. The van der Waals surface area contributed by atoms with Gasteiger partial charge < -0.3 is 21.5 Å². The van der Waals surface area contributed by atoms with Crippen LogP contribution in [0, 0.1) is 5.82 Å². The highest BCUT2D eigenvalue weighted by Gasteiger charge is 2.14. The molecule has 5 N–H and O–H groups in total. The lowest BCUT2D eigenvalue weighted by atomic mass is 10.2. The van der Waals surface area contributed by atoms with Gasteiger partial charge in [-0.1, -0.05) is 11.6 Å². The Labute approximate surface area is 96.5 Å². The van der Waals surface area contributed by atoms with Gasteiger partial charge in [0.25, 0.3) is 0 Å². The summed E-state index contributed by atoms with van der Waals surface area (Å²) in [6.07, 6.45) is 0. The molecule has 0 radical (unpaired) electrons. The van der Waals surface area contributed by atoms with E-state index in [1.54, 1.807) is 0 Å². The van der Waals surface area contributed by atoms with E-state index in [0.29, 0.717) is 0 Å². The summed E-state index contributed by atoms with van der Waals surface area (Å²) in [6.45, 7) is -0.210. The molecule has 0 unspecified atom stereocenters. The van der Waals surface area contributed by atoms with Crippen LogP contribution in [0.2, 0.25) is 5.02 Å². The van der Waals surface area contributed by atoms with Crippen molar-refractivity contribution in [1.29, 1.82) is 0 Å². The van der Waals surface area contributed by atoms with Crippen molar-refractivity contribution in [3.63, 3.8) is 0 Å². The average Bonchev–Trinajstić information content (AvgIpc) is 2.25. The van der Waals surface area contributed by atoms with E-state index in [-0.39, 0.29) is 28.6 Å². The Kier molecular flexibility index (Phi) is 3.78. The fraction of sp³-hybridized carbons (Fsp3) is 0.222. The standard InChI is InChI=1S/C9H11ClFN3O2/c1-16-6(15)3-14-9-5(13)2-4(12)7(10)8(9)11/h2,14H,3,12-13H2,1H3. The number of nitrogen functional groups attached to an aromatic ring is 2. The van der Waals surface area contributed by atoms with Gasteiger partial charge in [0.05, 0.1) is 24.2 Å². The monoisotopic (exact) mass is 247 g/mol. The molecule has 0 aliphatic heterocycles. The number of ether oxygens (including phenoxy) is 1. The highest BCUT2D eigenvalue weighted by atomic mass is 35.5. The zero-order valence-electron chi connectivity index (χ0n) is 8.51. The Bertz CT molecular complexity index is 426. The number of nitrogens with two attached hydrogens (primary N) is 2. The van der Waals surface area contributed by atoms with Crippen molar-refractivity contribution in [2.24, 2.45) is 0 Å². The molecule has 16 heavy (non-hydrogen) atoms. The SMILES string of the molecule is COC(=O)CNc1c(N)cc(N)c(Cl)c1F. The number of halogens is 2. The van der Waals surface area contributed by atoms with Crippen molar-refractivity contribution < 1.29 is 13.9 Å². The predicted molar refractivity (Wildman–Crippen MR) is 60.7 cm³/mol. The third-order valence-corrected chi connectivity index (χ3v) is 2.29. The quantitative estimate of drug-likeness (QED) is 0.552. The van der Waals surface area contributed by atoms with Gasteiger partial charge in [0.15, 0.2) is 5.82 Å². The highest BCUT2D eigenvalue weighted by Crippen LogP contribution is 2.33. The molecule has 0 saturated heterocycles. The van der Waals surface area contributed by atoms with Gasteiger partial charge in [-0.05, 0) is 6.07 Å². The molecule has 5 nitrogen and oxygen atoms in total. The smallest absolute Gasteiger partial charge is 0.325 e. The molecule has 1 aromatic rings. The number of rotatable bonds is 3. The number of benzene rings is 1. The van der Waals surface area contributed by atoms with Crippen LogP contribution in [-0.2, 0) is 9.53 Å². The van der Waals surface area contributed by atoms with Crippen LogP contribution >= 0.6 is 11.6 Å². The third kappa shape index (κ3) is 2.46. The Balaban J connectivity index is 2.96. The molecule has 88 valence electrons. The number of methoxy groups -OCH3 is 1. The first-order valence-electron chi connectivity index (χ1n) is 4.31. The minimum absolute atomic E-state index is 0.0419. The van der Waals surface area contributed by atoms with Crippen molar-refractivity contribution in [2.45, 2.75) is 0 Å². The summed E-state index contributed by atoms with van der Waals surface area (Å²) in [5, 5.41) is 2.25. The van der Waals surface area contributed by atoms with Crippen LogP contribution in [-0.4, -0.2) is 19.6 Å². The lowest BCUT2D eigenvalue weighted by Gasteiger charge is -2.11. The molecular weight excluding hydrogens is 237 g/mol. The maximum Gasteiger partial charge on any atom is 0.325 e. The van der Waals surface area contributed by atoms with E-state index >= 15 is 0 Å². The maximum absolute atomic E-state index is 13.6. The number of carbonyl (C=O) groups is 1. The van der Waals surface area contributed by atoms with Crippen molar-refractivity contribution in [3.05, 3.63) is 16.9 Å². The van der Waals surface area contributed by atoms with Crippen LogP contribution in [0.25, 0.3) is 0 Å². The maximum atomic E-state index is 13.6. The van der Waals surface area contributed by atoms with Gasteiger partial charge in [-0.25, -0.2) is 4.39 Å². The topological polar surface area (TPSA) is 90.4 Å². The molecule has 1 rings (SSSR count). The summed E-state index contributed by atoms with van der Waals surface area (Å²) in [4.78, 5) is 10.9. The summed E-state index contributed by atoms with van der Waals surface area (Å²) in [7, 11) is 1.22. The molecule has 0 aliphatic rings. The molecule has 0 amide bonds. The first-order valence-corrected chi connectivity index (χ1v) is 4.68. The molecule has 0 spiro atoms. The van der Waals surface area contributed by atoms with Gasteiger partial charge in [0.2, 0.25) is 0 Å². The van der Waals surface area contributed by atoms with Gasteiger partial charge in [0.1, 0.15) is 11.6 Å². The van der Waals surface area contributed by atoms with Crippen LogP contribution in [0.3, 0.4) is 0 Å². The van der Waals surface area contributed by atoms with Crippen LogP contribution in [0.15, 0.2) is 6.07 Å². The number of hydrogen-bond acceptors (Lipinski definition) is 5. The fourth-order valence-corrected chi connectivity index (χ4v) is 1.23. The zero-order valence-corrected chi connectivity index (χ0v) is 9.27. The lowest BCUT2D eigenvalue weighted by Crippen LogP contribution is -2.17. The first kappa shape index (κ1) is 12.4. The Morgan fingerprint density at radius 2 is 2.19 bits per heavy atom. The minimum atomic E-state index is -0.789. The van der Waals surface area contributed by atoms with Crippen molar-refractivity contribution in [3.8, 4) is 0 Å². The second kappa shape index (κ2) is 4.89. The molecular formula is C9H11ClFN3O2. The normalized spacial score (nSPS) is 9.94. The first-order chi connectivity index (χ1) is 7.47. The minimum Gasteiger partial charge on any atom is -0.468 e. The third-order valence-electron chi connectivity index (χ3n) is 1.90. The van der Waals surface area contributed by atoms with Crippen molar-refractivity contribution in [2.75, 3.05) is 30.4 Å². The molecule has 7 heteroatoms. The molecule has 0 heterocycles. The Morgan fingerprint density at radius 3 is 2.75 bits per heavy atom. The molecule has 0 aliphatic carbocycles. The summed E-state index contributed by atoms with van der Waals surface area (Å²) in [6, 6.07) is 1.31. The number of anilines is 3. The van der Waals surface area contributed by atoms with E-state index in [1.807, 2.05) is 0 Å². The van der Waals surface area contributed by atoms with Gasteiger partial charge >= 0.3 is 5.97 Å². The largest absolute Gasteiger partial charge is 0.468 e. The van der Waals surface area contributed by atoms with Crippen LogP contribution < -0.4 is 16.8 Å². The zero-order chi connectivity index (χ0) is 12.3. The second-order valence-corrected chi connectivity index (χ2v) is 3.37. The molecule has 0 fully saturated rings. The molecule has 0 saturated carbocycles. The van der Waals surface area contributed by atoms with E-state index in [0.717, 1.165) is 0 Å². The number of esters is 1. The average molecular weight is 248 g/mol. The second-order valence-electron chi connectivity index (χ2n) is 2.99. The highest BCUT2D eigenvalue weighted by molar-refractivity contribution is 6.33. The van der Waals surface area contributed by atoms with E-state index < -0.39 is 11.8 Å². The van der Waals surface area contributed by atoms with E-state index in [4.69, 9.17) is 23.1 Å².